The van der Waals surface area contributed by atoms with E-state index in [1.807, 2.05) is 12.1 Å². The summed E-state index contributed by atoms with van der Waals surface area (Å²) in [5.74, 6) is 0.900. The van der Waals surface area contributed by atoms with Crippen molar-refractivity contribution in [3.63, 3.8) is 0 Å². The number of methoxy groups -OCH3 is 1. The van der Waals surface area contributed by atoms with E-state index in [1.54, 1.807) is 7.11 Å². The van der Waals surface area contributed by atoms with Crippen LogP contribution in [0.4, 0.5) is 0 Å². The van der Waals surface area contributed by atoms with Crippen molar-refractivity contribution in [2.45, 2.75) is 32.4 Å². The summed E-state index contributed by atoms with van der Waals surface area (Å²) in [5, 5.41) is 3.62. The van der Waals surface area contributed by atoms with Crippen LogP contribution in [0.1, 0.15) is 25.0 Å². The summed E-state index contributed by atoms with van der Waals surface area (Å²) < 4.78 is 5.17. The maximum absolute atomic E-state index is 5.17. The highest BCUT2D eigenvalue weighted by Crippen LogP contribution is 2.15. The van der Waals surface area contributed by atoms with Gasteiger partial charge in [-0.15, -0.1) is 12.4 Å². The van der Waals surface area contributed by atoms with Crippen LogP contribution in [0, 0.1) is 0 Å². The molecule has 3 heteroatoms. The molecule has 114 valence electrons. The van der Waals surface area contributed by atoms with Crippen molar-refractivity contribution in [1.29, 1.82) is 0 Å². The van der Waals surface area contributed by atoms with Gasteiger partial charge in [-0.05, 0) is 43.5 Å². The highest BCUT2D eigenvalue weighted by molar-refractivity contribution is 5.85. The molecule has 0 unspecified atom stereocenters. The van der Waals surface area contributed by atoms with Gasteiger partial charge in [-0.25, -0.2) is 0 Å². The molecule has 0 atom stereocenters. The molecule has 2 nitrogen and oxygen atoms in total. The van der Waals surface area contributed by atoms with Gasteiger partial charge in [0.1, 0.15) is 5.75 Å². The van der Waals surface area contributed by atoms with Crippen LogP contribution < -0.4 is 10.1 Å². The van der Waals surface area contributed by atoms with Crippen LogP contribution in [0.25, 0.3) is 0 Å². The van der Waals surface area contributed by atoms with E-state index in [-0.39, 0.29) is 17.9 Å². The van der Waals surface area contributed by atoms with E-state index >= 15 is 0 Å². The number of benzene rings is 2. The smallest absolute Gasteiger partial charge is 0.118 e. The summed E-state index contributed by atoms with van der Waals surface area (Å²) in [5.41, 5.74) is 2.70. The van der Waals surface area contributed by atoms with Crippen molar-refractivity contribution in [3.05, 3.63) is 65.7 Å². The van der Waals surface area contributed by atoms with Crippen LogP contribution in [0.3, 0.4) is 0 Å². The molecule has 1 N–H and O–H groups in total. The number of ether oxygens (including phenoxy) is 1. The maximum Gasteiger partial charge on any atom is 0.118 e. The van der Waals surface area contributed by atoms with Crippen molar-refractivity contribution < 1.29 is 4.74 Å². The average Bonchev–Trinajstić information content (AvgIpc) is 2.46. The van der Waals surface area contributed by atoms with Crippen molar-refractivity contribution in [3.8, 4) is 5.75 Å². The van der Waals surface area contributed by atoms with Crippen LogP contribution in [0.15, 0.2) is 54.6 Å². The first-order valence-corrected chi connectivity index (χ1v) is 7.01. The standard InChI is InChI=1S/C18H23NO.ClH/c1-18(2,13-15-7-5-4-6-8-15)19-14-16-9-11-17(20-3)12-10-16;/h4-12,19H,13-14H2,1-3H3;1H. The number of nitrogens with one attached hydrogen (secondary N) is 1. The fourth-order valence-corrected chi connectivity index (χ4v) is 2.25. The second kappa shape index (κ2) is 8.06. The van der Waals surface area contributed by atoms with Gasteiger partial charge in [0.05, 0.1) is 7.11 Å². The molecule has 0 saturated carbocycles. The van der Waals surface area contributed by atoms with Crippen molar-refractivity contribution in [2.24, 2.45) is 0 Å². The van der Waals surface area contributed by atoms with Crippen LogP contribution in [-0.4, -0.2) is 12.6 Å². The highest BCUT2D eigenvalue weighted by atomic mass is 35.5. The van der Waals surface area contributed by atoms with E-state index in [0.29, 0.717) is 0 Å². The first-order valence-electron chi connectivity index (χ1n) is 7.01. The van der Waals surface area contributed by atoms with Gasteiger partial charge in [0.25, 0.3) is 0 Å². The predicted octanol–water partition coefficient (Wildman–Crippen LogP) is 4.23. The second-order valence-electron chi connectivity index (χ2n) is 5.75. The van der Waals surface area contributed by atoms with Gasteiger partial charge in [0, 0.05) is 12.1 Å². The molecule has 0 heterocycles. The first-order chi connectivity index (χ1) is 9.59. The molecule has 0 aliphatic rings. The predicted molar refractivity (Wildman–Crippen MR) is 91.3 cm³/mol. The van der Waals surface area contributed by atoms with Crippen LogP contribution in [0.5, 0.6) is 5.75 Å². The molecule has 0 bridgehead atoms. The molecule has 0 fully saturated rings. The van der Waals surface area contributed by atoms with E-state index in [1.165, 1.54) is 11.1 Å². The summed E-state index contributed by atoms with van der Waals surface area (Å²) >= 11 is 0. The number of rotatable bonds is 6. The third kappa shape index (κ3) is 5.78. The molecule has 2 aromatic carbocycles. The number of hydrogen-bond acceptors (Lipinski definition) is 2. The summed E-state index contributed by atoms with van der Waals surface area (Å²) in [7, 11) is 1.69. The van der Waals surface area contributed by atoms with Gasteiger partial charge in [-0.3, -0.25) is 0 Å². The summed E-state index contributed by atoms with van der Waals surface area (Å²) in [6.45, 7) is 5.34. The molecule has 2 aromatic rings. The molecule has 0 aliphatic carbocycles. The number of hydrogen-bond donors (Lipinski definition) is 1. The minimum absolute atomic E-state index is 0. The Morgan fingerprint density at radius 2 is 1.52 bits per heavy atom. The fraction of sp³-hybridized carbons (Fsp3) is 0.333. The van der Waals surface area contributed by atoms with E-state index in [2.05, 4.69) is 61.6 Å². The molecule has 0 aromatic heterocycles. The Kier molecular flexibility index (Phi) is 6.73. The van der Waals surface area contributed by atoms with Gasteiger partial charge in [-0.1, -0.05) is 42.5 Å². The van der Waals surface area contributed by atoms with Gasteiger partial charge >= 0.3 is 0 Å². The SMILES string of the molecule is COc1ccc(CNC(C)(C)Cc2ccccc2)cc1.Cl. The Hall–Kier alpha value is -1.51. The lowest BCUT2D eigenvalue weighted by atomic mass is 9.94. The largest absolute Gasteiger partial charge is 0.497 e. The van der Waals surface area contributed by atoms with Crippen LogP contribution >= 0.6 is 12.4 Å². The Morgan fingerprint density at radius 3 is 2.10 bits per heavy atom. The summed E-state index contributed by atoms with van der Waals surface area (Å²) in [6, 6.07) is 18.8. The fourth-order valence-electron chi connectivity index (χ4n) is 2.25. The molecule has 21 heavy (non-hydrogen) atoms. The van der Waals surface area contributed by atoms with Crippen molar-refractivity contribution >= 4 is 12.4 Å². The van der Waals surface area contributed by atoms with Gasteiger partial charge < -0.3 is 10.1 Å². The highest BCUT2D eigenvalue weighted by Gasteiger charge is 2.17. The first kappa shape index (κ1) is 17.5. The van der Waals surface area contributed by atoms with Gasteiger partial charge in [0.2, 0.25) is 0 Å². The summed E-state index contributed by atoms with van der Waals surface area (Å²) in [4.78, 5) is 0. The molecule has 0 aliphatic heterocycles. The molecular weight excluding hydrogens is 282 g/mol. The van der Waals surface area contributed by atoms with Crippen LogP contribution in [0.2, 0.25) is 0 Å². The lowest BCUT2D eigenvalue weighted by Crippen LogP contribution is -2.40. The molecule has 0 amide bonds. The summed E-state index contributed by atoms with van der Waals surface area (Å²) in [6.07, 6.45) is 1.02. The van der Waals surface area contributed by atoms with E-state index in [4.69, 9.17) is 4.74 Å². The minimum atomic E-state index is 0. The van der Waals surface area contributed by atoms with E-state index in [0.717, 1.165) is 18.7 Å². The topological polar surface area (TPSA) is 21.3 Å². The molecule has 0 saturated heterocycles. The lowest BCUT2D eigenvalue weighted by molar-refractivity contribution is 0.383. The monoisotopic (exact) mass is 305 g/mol. The second-order valence-corrected chi connectivity index (χ2v) is 5.75. The third-order valence-corrected chi connectivity index (χ3v) is 3.42. The van der Waals surface area contributed by atoms with E-state index in [9.17, 15) is 0 Å². The minimum Gasteiger partial charge on any atom is -0.497 e. The molecule has 0 radical (unpaired) electrons. The zero-order chi connectivity index (χ0) is 14.4. The van der Waals surface area contributed by atoms with E-state index < -0.39 is 0 Å². The Bertz CT molecular complexity index is 523. The zero-order valence-electron chi connectivity index (χ0n) is 12.9. The van der Waals surface area contributed by atoms with Gasteiger partial charge in [0.15, 0.2) is 0 Å². The van der Waals surface area contributed by atoms with Crippen molar-refractivity contribution in [1.82, 2.24) is 5.32 Å². The average molecular weight is 306 g/mol. The number of halogens is 1. The molecule has 2 rings (SSSR count). The lowest BCUT2D eigenvalue weighted by Gasteiger charge is -2.26. The van der Waals surface area contributed by atoms with Crippen molar-refractivity contribution in [2.75, 3.05) is 7.11 Å². The maximum atomic E-state index is 5.17. The quantitative estimate of drug-likeness (QED) is 0.862. The molecule has 0 spiro atoms. The Balaban J connectivity index is 0.00000220. The van der Waals surface area contributed by atoms with Gasteiger partial charge in [-0.2, -0.15) is 0 Å². The normalized spacial score (nSPS) is 10.8. The molecular formula is C18H24ClNO. The van der Waals surface area contributed by atoms with Crippen LogP contribution in [-0.2, 0) is 13.0 Å². The zero-order valence-corrected chi connectivity index (χ0v) is 13.7. The Labute approximate surface area is 133 Å². The third-order valence-electron chi connectivity index (χ3n) is 3.42. The Morgan fingerprint density at radius 1 is 0.905 bits per heavy atom.